The minimum atomic E-state index is 0.229. The molecule has 0 bridgehead atoms. The van der Waals surface area contributed by atoms with Crippen LogP contribution in [0.5, 0.6) is 0 Å². The molecule has 2 rings (SSSR count). The third kappa shape index (κ3) is 1.90. The Hall–Kier alpha value is -2.04. The van der Waals surface area contributed by atoms with Gasteiger partial charge in [-0.2, -0.15) is 0 Å². The number of hydrogen-bond acceptors (Lipinski definition) is 3. The van der Waals surface area contributed by atoms with Crippen molar-refractivity contribution in [1.82, 2.24) is 9.55 Å². The average Bonchev–Trinajstić information content (AvgIpc) is 2.69. The lowest BCUT2D eigenvalue weighted by atomic mass is 10.3. The number of oxime groups is 1. The number of imidazole rings is 1. The molecule has 0 spiro atoms. The van der Waals surface area contributed by atoms with Crippen molar-refractivity contribution >= 4 is 16.9 Å². The van der Waals surface area contributed by atoms with Gasteiger partial charge in [0.25, 0.3) is 0 Å². The Morgan fingerprint density at radius 3 is 3.07 bits per heavy atom. The molecule has 5 heteroatoms. The summed E-state index contributed by atoms with van der Waals surface area (Å²) in [7, 11) is 0. The zero-order chi connectivity index (χ0) is 10.7. The fraction of sp³-hybridized carbons (Fsp3) is 0.200. The van der Waals surface area contributed by atoms with Crippen LogP contribution >= 0.6 is 0 Å². The van der Waals surface area contributed by atoms with Crippen LogP contribution in [0.3, 0.4) is 0 Å². The molecule has 78 valence electrons. The molecule has 5 nitrogen and oxygen atoms in total. The summed E-state index contributed by atoms with van der Waals surface area (Å²) in [4.78, 5) is 4.24. The Labute approximate surface area is 86.8 Å². The Balaban J connectivity index is 2.22. The van der Waals surface area contributed by atoms with Gasteiger partial charge in [-0.25, -0.2) is 4.98 Å². The van der Waals surface area contributed by atoms with Gasteiger partial charge in [-0.15, -0.1) is 0 Å². The predicted octanol–water partition coefficient (Wildman–Crippen LogP) is 1.17. The fourth-order valence-electron chi connectivity index (χ4n) is 1.47. The maximum absolute atomic E-state index is 8.41. The summed E-state index contributed by atoms with van der Waals surface area (Å²) in [6.07, 6.45) is 2.27. The number of rotatable bonds is 3. The molecule has 0 radical (unpaired) electrons. The zero-order valence-electron chi connectivity index (χ0n) is 8.17. The second kappa shape index (κ2) is 4.00. The van der Waals surface area contributed by atoms with E-state index in [1.807, 2.05) is 28.8 Å². The van der Waals surface area contributed by atoms with Gasteiger partial charge in [-0.05, 0) is 12.1 Å². The molecule has 0 aliphatic heterocycles. The Morgan fingerprint density at radius 2 is 2.27 bits per heavy atom. The van der Waals surface area contributed by atoms with Gasteiger partial charge in [0.2, 0.25) is 0 Å². The van der Waals surface area contributed by atoms with E-state index in [0.717, 1.165) is 11.0 Å². The molecule has 0 unspecified atom stereocenters. The van der Waals surface area contributed by atoms with Crippen molar-refractivity contribution in [3.05, 3.63) is 30.6 Å². The van der Waals surface area contributed by atoms with E-state index < -0.39 is 0 Å². The molecule has 0 amide bonds. The van der Waals surface area contributed by atoms with Crippen LogP contribution in [0.4, 0.5) is 0 Å². The number of aromatic nitrogens is 2. The molecule has 0 saturated carbocycles. The summed E-state index contributed by atoms with van der Waals surface area (Å²) in [6.45, 7) is 0.663. The molecular formula is C10H12N4O. The van der Waals surface area contributed by atoms with Crippen molar-refractivity contribution in [2.24, 2.45) is 10.9 Å². The van der Waals surface area contributed by atoms with E-state index in [4.69, 9.17) is 10.9 Å². The van der Waals surface area contributed by atoms with E-state index >= 15 is 0 Å². The van der Waals surface area contributed by atoms with E-state index in [1.54, 1.807) is 6.33 Å². The first-order valence-electron chi connectivity index (χ1n) is 4.67. The molecule has 0 fully saturated rings. The quantitative estimate of drug-likeness (QED) is 0.341. The largest absolute Gasteiger partial charge is 0.409 e. The Kier molecular flexibility index (Phi) is 2.53. The molecule has 0 atom stereocenters. The lowest BCUT2D eigenvalue weighted by Gasteiger charge is -2.02. The van der Waals surface area contributed by atoms with Crippen LogP contribution in [0.25, 0.3) is 11.0 Å². The molecule has 1 aromatic carbocycles. The molecular weight excluding hydrogens is 192 g/mol. The van der Waals surface area contributed by atoms with Gasteiger partial charge in [-0.1, -0.05) is 17.3 Å². The first-order chi connectivity index (χ1) is 7.31. The van der Waals surface area contributed by atoms with Crippen LogP contribution in [-0.2, 0) is 6.54 Å². The lowest BCUT2D eigenvalue weighted by Crippen LogP contribution is -2.14. The smallest absolute Gasteiger partial charge is 0.140 e. The molecule has 15 heavy (non-hydrogen) atoms. The van der Waals surface area contributed by atoms with Gasteiger partial charge in [0, 0.05) is 13.0 Å². The third-order valence-electron chi connectivity index (χ3n) is 2.26. The number of amidine groups is 1. The minimum Gasteiger partial charge on any atom is -0.409 e. The highest BCUT2D eigenvalue weighted by molar-refractivity contribution is 5.80. The first kappa shape index (κ1) is 9.51. The molecule has 1 aromatic heterocycles. The Bertz CT molecular complexity index is 489. The van der Waals surface area contributed by atoms with Crippen molar-refractivity contribution in [2.45, 2.75) is 13.0 Å². The van der Waals surface area contributed by atoms with Gasteiger partial charge in [0.05, 0.1) is 17.4 Å². The molecule has 0 aliphatic rings. The molecule has 0 aliphatic carbocycles. The number of hydrogen-bond donors (Lipinski definition) is 2. The average molecular weight is 204 g/mol. The van der Waals surface area contributed by atoms with Crippen molar-refractivity contribution in [3.63, 3.8) is 0 Å². The monoisotopic (exact) mass is 204 g/mol. The number of fused-ring (bicyclic) bond motifs is 1. The van der Waals surface area contributed by atoms with Crippen LogP contribution in [-0.4, -0.2) is 20.6 Å². The van der Waals surface area contributed by atoms with Crippen molar-refractivity contribution in [3.8, 4) is 0 Å². The van der Waals surface area contributed by atoms with Gasteiger partial charge in [0.1, 0.15) is 5.84 Å². The third-order valence-corrected chi connectivity index (χ3v) is 2.26. The van der Waals surface area contributed by atoms with Crippen LogP contribution in [0.1, 0.15) is 6.42 Å². The first-order valence-corrected chi connectivity index (χ1v) is 4.67. The van der Waals surface area contributed by atoms with Crippen molar-refractivity contribution < 1.29 is 5.21 Å². The normalized spacial score (nSPS) is 12.1. The molecule has 0 saturated heterocycles. The summed E-state index contributed by atoms with van der Waals surface area (Å²) in [5.74, 6) is 0.229. The summed E-state index contributed by atoms with van der Waals surface area (Å²) < 4.78 is 1.98. The summed E-state index contributed by atoms with van der Waals surface area (Å²) in [6, 6.07) is 7.86. The summed E-state index contributed by atoms with van der Waals surface area (Å²) >= 11 is 0. The fourth-order valence-corrected chi connectivity index (χ4v) is 1.47. The number of nitrogens with zero attached hydrogens (tertiary/aromatic N) is 3. The van der Waals surface area contributed by atoms with Crippen molar-refractivity contribution in [1.29, 1.82) is 0 Å². The maximum Gasteiger partial charge on any atom is 0.140 e. The van der Waals surface area contributed by atoms with Gasteiger partial charge < -0.3 is 15.5 Å². The second-order valence-corrected chi connectivity index (χ2v) is 3.27. The van der Waals surface area contributed by atoms with Crippen LogP contribution in [0.2, 0.25) is 0 Å². The number of nitrogens with two attached hydrogens (primary N) is 1. The molecule has 2 aromatic rings. The van der Waals surface area contributed by atoms with E-state index in [0.29, 0.717) is 13.0 Å². The highest BCUT2D eigenvalue weighted by atomic mass is 16.4. The minimum absolute atomic E-state index is 0.229. The molecule has 1 heterocycles. The summed E-state index contributed by atoms with van der Waals surface area (Å²) in [5.41, 5.74) is 7.41. The van der Waals surface area contributed by atoms with Crippen LogP contribution < -0.4 is 5.73 Å². The van der Waals surface area contributed by atoms with Crippen LogP contribution in [0, 0.1) is 0 Å². The maximum atomic E-state index is 8.41. The number of aryl methyl sites for hydroxylation is 1. The van der Waals surface area contributed by atoms with Gasteiger partial charge in [-0.3, -0.25) is 0 Å². The van der Waals surface area contributed by atoms with Gasteiger partial charge in [0.15, 0.2) is 0 Å². The van der Waals surface area contributed by atoms with Crippen molar-refractivity contribution in [2.75, 3.05) is 0 Å². The van der Waals surface area contributed by atoms with E-state index in [2.05, 4.69) is 10.1 Å². The SMILES string of the molecule is N/C(CCn1cnc2ccccc21)=N/O. The van der Waals surface area contributed by atoms with Crippen LogP contribution in [0.15, 0.2) is 35.7 Å². The molecule has 3 N–H and O–H groups in total. The lowest BCUT2D eigenvalue weighted by molar-refractivity contribution is 0.316. The van der Waals surface area contributed by atoms with Gasteiger partial charge >= 0.3 is 0 Å². The number of para-hydroxylation sites is 2. The highest BCUT2D eigenvalue weighted by Gasteiger charge is 2.01. The van der Waals surface area contributed by atoms with E-state index in [9.17, 15) is 0 Å². The Morgan fingerprint density at radius 1 is 1.47 bits per heavy atom. The summed E-state index contributed by atoms with van der Waals surface area (Å²) in [5, 5.41) is 11.3. The second-order valence-electron chi connectivity index (χ2n) is 3.27. The van der Waals surface area contributed by atoms with E-state index in [-0.39, 0.29) is 5.84 Å². The topological polar surface area (TPSA) is 76.4 Å². The standard InChI is InChI=1S/C10H12N4O/c11-10(13-15)5-6-14-7-12-8-3-1-2-4-9(8)14/h1-4,7,15H,5-6H2,(H2,11,13). The highest BCUT2D eigenvalue weighted by Crippen LogP contribution is 2.11. The van der Waals surface area contributed by atoms with E-state index in [1.165, 1.54) is 0 Å². The predicted molar refractivity (Wildman–Crippen MR) is 57.8 cm³/mol. The zero-order valence-corrected chi connectivity index (χ0v) is 8.17. The number of benzene rings is 1.